The number of para-hydroxylation sites is 1. The highest BCUT2D eigenvalue weighted by atomic mass is 32.2. The van der Waals surface area contributed by atoms with Crippen molar-refractivity contribution in [3.05, 3.63) is 59.4 Å². The highest BCUT2D eigenvalue weighted by Crippen LogP contribution is 2.36. The van der Waals surface area contributed by atoms with Crippen LogP contribution in [0.15, 0.2) is 47.4 Å². The van der Waals surface area contributed by atoms with Gasteiger partial charge in [-0.2, -0.15) is 0 Å². The number of anilines is 1. The maximum Gasteiger partial charge on any atom is 0.264 e. The van der Waals surface area contributed by atoms with Crippen molar-refractivity contribution in [1.29, 1.82) is 0 Å². The maximum absolute atomic E-state index is 13.4. The van der Waals surface area contributed by atoms with Gasteiger partial charge in [0.2, 0.25) is 0 Å². The largest absolute Gasteiger partial charge is 0.264 e. The summed E-state index contributed by atoms with van der Waals surface area (Å²) in [4.78, 5) is 0.130. The fraction of sp³-hybridized carbons (Fsp3) is 0.250. The number of fused-ring (bicyclic) bond motifs is 1. The SMILES string of the molecule is Cc1cc(S(=O)(=O)N2c3ccccc3CC2C)ccc1F. The van der Waals surface area contributed by atoms with Crippen LogP contribution in [0.4, 0.5) is 10.1 Å². The number of rotatable bonds is 2. The minimum Gasteiger partial charge on any atom is -0.263 e. The predicted molar refractivity (Wildman–Crippen MR) is 80.4 cm³/mol. The quantitative estimate of drug-likeness (QED) is 0.854. The Kier molecular flexibility index (Phi) is 3.24. The number of aryl methyl sites for hydroxylation is 1. The fourth-order valence-electron chi connectivity index (χ4n) is 2.79. The second kappa shape index (κ2) is 4.84. The van der Waals surface area contributed by atoms with Crippen LogP contribution in [-0.4, -0.2) is 14.5 Å². The lowest BCUT2D eigenvalue weighted by Gasteiger charge is -2.24. The molecule has 2 aromatic rings. The van der Waals surface area contributed by atoms with Crippen LogP contribution in [0, 0.1) is 12.7 Å². The first-order valence-electron chi connectivity index (χ1n) is 6.80. The van der Waals surface area contributed by atoms with E-state index in [4.69, 9.17) is 0 Å². The Morgan fingerprint density at radius 2 is 1.90 bits per heavy atom. The van der Waals surface area contributed by atoms with E-state index in [1.54, 1.807) is 6.92 Å². The highest BCUT2D eigenvalue weighted by Gasteiger charge is 2.35. The summed E-state index contributed by atoms with van der Waals surface area (Å²) < 4.78 is 40.6. The molecule has 0 bridgehead atoms. The van der Waals surface area contributed by atoms with Gasteiger partial charge in [-0.3, -0.25) is 4.31 Å². The normalized spacial score (nSPS) is 17.9. The molecule has 0 radical (unpaired) electrons. The van der Waals surface area contributed by atoms with Crippen molar-refractivity contribution in [3.8, 4) is 0 Å². The summed E-state index contributed by atoms with van der Waals surface area (Å²) in [5.74, 6) is -0.399. The van der Waals surface area contributed by atoms with E-state index in [0.29, 0.717) is 17.7 Å². The van der Waals surface area contributed by atoms with Crippen molar-refractivity contribution < 1.29 is 12.8 Å². The Morgan fingerprint density at radius 3 is 2.62 bits per heavy atom. The summed E-state index contributed by atoms with van der Waals surface area (Å²) in [5, 5.41) is 0. The zero-order valence-electron chi connectivity index (χ0n) is 11.9. The maximum atomic E-state index is 13.4. The van der Waals surface area contributed by atoms with Crippen LogP contribution >= 0.6 is 0 Å². The molecule has 0 amide bonds. The number of sulfonamides is 1. The van der Waals surface area contributed by atoms with Crippen LogP contribution in [0.25, 0.3) is 0 Å². The molecule has 1 aliphatic rings. The predicted octanol–water partition coefficient (Wildman–Crippen LogP) is 3.27. The van der Waals surface area contributed by atoms with E-state index in [0.717, 1.165) is 5.56 Å². The minimum atomic E-state index is -3.67. The lowest BCUT2D eigenvalue weighted by molar-refractivity contribution is 0.582. The number of hydrogen-bond acceptors (Lipinski definition) is 2. The van der Waals surface area contributed by atoms with Crippen molar-refractivity contribution in [2.45, 2.75) is 31.2 Å². The molecule has 5 heteroatoms. The molecule has 0 saturated carbocycles. The van der Waals surface area contributed by atoms with Crippen molar-refractivity contribution in [2.75, 3.05) is 4.31 Å². The van der Waals surface area contributed by atoms with Gasteiger partial charge in [0.25, 0.3) is 10.0 Å². The molecule has 21 heavy (non-hydrogen) atoms. The Balaban J connectivity index is 2.12. The topological polar surface area (TPSA) is 37.4 Å². The molecular weight excluding hydrogens is 289 g/mol. The van der Waals surface area contributed by atoms with E-state index in [-0.39, 0.29) is 10.9 Å². The molecule has 1 unspecified atom stereocenters. The van der Waals surface area contributed by atoms with Gasteiger partial charge in [0.1, 0.15) is 5.82 Å². The third-order valence-corrected chi connectivity index (χ3v) is 5.76. The van der Waals surface area contributed by atoms with E-state index in [9.17, 15) is 12.8 Å². The molecule has 0 N–H and O–H groups in total. The number of nitrogens with zero attached hydrogens (tertiary/aromatic N) is 1. The average Bonchev–Trinajstić information content (AvgIpc) is 2.78. The summed E-state index contributed by atoms with van der Waals surface area (Å²) in [7, 11) is -3.67. The van der Waals surface area contributed by atoms with E-state index in [1.165, 1.54) is 22.5 Å². The third kappa shape index (κ3) is 2.21. The van der Waals surface area contributed by atoms with E-state index >= 15 is 0 Å². The molecule has 0 saturated heterocycles. The molecule has 3 rings (SSSR count). The van der Waals surface area contributed by atoms with Crippen molar-refractivity contribution in [3.63, 3.8) is 0 Å². The van der Waals surface area contributed by atoms with Crippen LogP contribution in [0.1, 0.15) is 18.1 Å². The molecule has 0 fully saturated rings. The Bertz CT molecular complexity index is 802. The summed E-state index contributed by atoms with van der Waals surface area (Å²) in [5.41, 5.74) is 2.07. The molecular formula is C16H16FNO2S. The molecule has 0 aromatic heterocycles. The first-order valence-corrected chi connectivity index (χ1v) is 8.24. The lowest BCUT2D eigenvalue weighted by atomic mass is 10.1. The first-order chi connectivity index (χ1) is 9.91. The van der Waals surface area contributed by atoms with Gasteiger partial charge in [0, 0.05) is 6.04 Å². The molecule has 110 valence electrons. The van der Waals surface area contributed by atoms with Gasteiger partial charge in [-0.1, -0.05) is 18.2 Å². The Hall–Kier alpha value is -1.88. The molecule has 0 spiro atoms. The lowest BCUT2D eigenvalue weighted by Crippen LogP contribution is -2.35. The summed E-state index contributed by atoms with van der Waals surface area (Å²) in [6.45, 7) is 3.45. The fourth-order valence-corrected chi connectivity index (χ4v) is 4.57. The van der Waals surface area contributed by atoms with Crippen LogP contribution in [0.5, 0.6) is 0 Å². The molecule has 1 aliphatic heterocycles. The van der Waals surface area contributed by atoms with Gasteiger partial charge in [0.15, 0.2) is 0 Å². The average molecular weight is 305 g/mol. The Labute approximate surface area is 124 Å². The highest BCUT2D eigenvalue weighted by molar-refractivity contribution is 7.92. The standard InChI is InChI=1S/C16H16FNO2S/c1-11-9-14(7-8-15(11)17)21(19,20)18-12(2)10-13-5-3-4-6-16(13)18/h3-9,12H,10H2,1-2H3. The smallest absolute Gasteiger partial charge is 0.263 e. The second-order valence-electron chi connectivity index (χ2n) is 5.39. The van der Waals surface area contributed by atoms with Crippen molar-refractivity contribution in [2.24, 2.45) is 0 Å². The summed E-state index contributed by atoms with van der Waals surface area (Å²) in [6.07, 6.45) is 0.690. The van der Waals surface area contributed by atoms with E-state index in [2.05, 4.69) is 0 Å². The molecule has 3 nitrogen and oxygen atoms in total. The molecule has 2 aromatic carbocycles. The van der Waals surface area contributed by atoms with Crippen LogP contribution in [0.2, 0.25) is 0 Å². The van der Waals surface area contributed by atoms with Crippen LogP contribution in [0.3, 0.4) is 0 Å². The number of benzene rings is 2. The van der Waals surface area contributed by atoms with Crippen LogP contribution < -0.4 is 4.31 Å². The van der Waals surface area contributed by atoms with Crippen molar-refractivity contribution >= 4 is 15.7 Å². The minimum absolute atomic E-state index is 0.130. The molecule has 1 atom stereocenters. The number of halogens is 1. The van der Waals surface area contributed by atoms with Gasteiger partial charge < -0.3 is 0 Å². The summed E-state index contributed by atoms with van der Waals surface area (Å²) in [6, 6.07) is 11.3. The van der Waals surface area contributed by atoms with Crippen LogP contribution in [-0.2, 0) is 16.4 Å². The number of hydrogen-bond donors (Lipinski definition) is 0. The summed E-state index contributed by atoms with van der Waals surface area (Å²) >= 11 is 0. The Morgan fingerprint density at radius 1 is 1.19 bits per heavy atom. The first kappa shape index (κ1) is 14.1. The second-order valence-corrected chi connectivity index (χ2v) is 7.21. The van der Waals surface area contributed by atoms with Gasteiger partial charge in [-0.15, -0.1) is 0 Å². The van der Waals surface area contributed by atoms with Gasteiger partial charge in [0.05, 0.1) is 10.6 Å². The van der Waals surface area contributed by atoms with E-state index in [1.807, 2.05) is 31.2 Å². The van der Waals surface area contributed by atoms with Gasteiger partial charge in [-0.25, -0.2) is 12.8 Å². The monoisotopic (exact) mass is 305 g/mol. The van der Waals surface area contributed by atoms with Gasteiger partial charge >= 0.3 is 0 Å². The zero-order valence-corrected chi connectivity index (χ0v) is 12.7. The third-order valence-electron chi connectivity index (χ3n) is 3.83. The molecule has 1 heterocycles. The van der Waals surface area contributed by atoms with Crippen molar-refractivity contribution in [1.82, 2.24) is 0 Å². The zero-order chi connectivity index (χ0) is 15.2. The molecule has 0 aliphatic carbocycles. The van der Waals surface area contributed by atoms with E-state index < -0.39 is 15.8 Å². The van der Waals surface area contributed by atoms with Gasteiger partial charge in [-0.05, 0) is 55.7 Å².